The predicted molar refractivity (Wildman–Crippen MR) is 85.7 cm³/mol. The van der Waals surface area contributed by atoms with Gasteiger partial charge in [-0.1, -0.05) is 36.4 Å². The Kier molecular flexibility index (Phi) is 6.32. The molecule has 20 heavy (non-hydrogen) atoms. The molecule has 0 aromatic heterocycles. The van der Waals surface area contributed by atoms with Crippen LogP contribution in [0.4, 0.5) is 0 Å². The fourth-order valence-corrected chi connectivity index (χ4v) is 3.28. The van der Waals surface area contributed by atoms with Crippen LogP contribution in [0.2, 0.25) is 0 Å². The van der Waals surface area contributed by atoms with E-state index in [0.29, 0.717) is 0 Å². The lowest BCUT2D eigenvalue weighted by Crippen LogP contribution is -2.13. The summed E-state index contributed by atoms with van der Waals surface area (Å²) in [6.07, 6.45) is 12.8. The summed E-state index contributed by atoms with van der Waals surface area (Å²) in [4.78, 5) is 0. The minimum Gasteiger partial charge on any atom is -0.380 e. The average Bonchev–Trinajstić information content (AvgIpc) is 2.49. The summed E-state index contributed by atoms with van der Waals surface area (Å²) in [5.74, 6) is 1.79. The maximum Gasteiger partial charge on any atom is 0.0713 e. The Hall–Kier alpha value is -1.08. The fourth-order valence-electron chi connectivity index (χ4n) is 3.28. The molecule has 1 nitrogen and oxygen atoms in total. The first-order valence-corrected chi connectivity index (χ1v) is 8.01. The maximum absolute atomic E-state index is 5.15. The minimum absolute atomic E-state index is 0.717. The lowest BCUT2D eigenvalue weighted by atomic mass is 9.79. The van der Waals surface area contributed by atoms with Crippen molar-refractivity contribution in [2.45, 2.75) is 52.1 Å². The third-order valence-electron chi connectivity index (χ3n) is 4.53. The van der Waals surface area contributed by atoms with Gasteiger partial charge in [-0.3, -0.25) is 0 Å². The van der Waals surface area contributed by atoms with Crippen molar-refractivity contribution in [3.63, 3.8) is 0 Å². The minimum atomic E-state index is 0.717. The van der Waals surface area contributed by atoms with Gasteiger partial charge in [0, 0.05) is 7.11 Å². The molecule has 1 aromatic rings. The largest absolute Gasteiger partial charge is 0.380 e. The van der Waals surface area contributed by atoms with Gasteiger partial charge >= 0.3 is 0 Å². The Labute approximate surface area is 124 Å². The van der Waals surface area contributed by atoms with Crippen LogP contribution < -0.4 is 0 Å². The summed E-state index contributed by atoms with van der Waals surface area (Å²) in [6, 6.07) is 8.92. The first kappa shape index (κ1) is 15.3. The van der Waals surface area contributed by atoms with Crippen LogP contribution in [0.15, 0.2) is 36.4 Å². The average molecular weight is 272 g/mol. The number of benzene rings is 1. The van der Waals surface area contributed by atoms with Gasteiger partial charge in [-0.05, 0) is 68.4 Å². The number of hydrogen-bond acceptors (Lipinski definition) is 1. The van der Waals surface area contributed by atoms with Crippen LogP contribution in [0.5, 0.6) is 0 Å². The standard InChI is InChI=1S/C19H28O/c1-3-4-16-5-7-17(8-6-16)9-10-18-11-13-19(14-12-18)15-20-2/h3-4,11-14,16-17H,5-10,15H2,1-2H3/b4-3-/t16-,17-. The van der Waals surface area contributed by atoms with E-state index < -0.39 is 0 Å². The summed E-state index contributed by atoms with van der Waals surface area (Å²) in [6.45, 7) is 2.86. The van der Waals surface area contributed by atoms with Gasteiger partial charge in [0.25, 0.3) is 0 Å². The van der Waals surface area contributed by atoms with Crippen molar-refractivity contribution in [1.29, 1.82) is 0 Å². The number of aryl methyl sites for hydroxylation is 1. The van der Waals surface area contributed by atoms with E-state index in [0.717, 1.165) is 18.4 Å². The van der Waals surface area contributed by atoms with Gasteiger partial charge in [0.05, 0.1) is 6.61 Å². The maximum atomic E-state index is 5.15. The third kappa shape index (κ3) is 4.79. The van der Waals surface area contributed by atoms with Gasteiger partial charge < -0.3 is 4.74 Å². The van der Waals surface area contributed by atoms with E-state index in [9.17, 15) is 0 Å². The summed E-state index contributed by atoms with van der Waals surface area (Å²) >= 11 is 0. The van der Waals surface area contributed by atoms with Crippen LogP contribution in [0.25, 0.3) is 0 Å². The highest BCUT2D eigenvalue weighted by molar-refractivity contribution is 5.22. The van der Waals surface area contributed by atoms with Gasteiger partial charge in [-0.25, -0.2) is 0 Å². The molecule has 1 saturated carbocycles. The molecule has 1 aliphatic carbocycles. The Morgan fingerprint density at radius 1 is 1.05 bits per heavy atom. The third-order valence-corrected chi connectivity index (χ3v) is 4.53. The molecule has 1 aliphatic rings. The van der Waals surface area contributed by atoms with Crippen molar-refractivity contribution in [2.75, 3.05) is 7.11 Å². The SMILES string of the molecule is C/C=C\[C@H]1CC[C@H](CCc2ccc(COC)cc2)CC1. The number of ether oxygens (including phenoxy) is 1. The highest BCUT2D eigenvalue weighted by Gasteiger charge is 2.18. The normalized spacial score (nSPS) is 23.3. The number of rotatable bonds is 6. The van der Waals surface area contributed by atoms with Crippen LogP contribution in [0.3, 0.4) is 0 Å². The van der Waals surface area contributed by atoms with E-state index in [2.05, 4.69) is 43.3 Å². The molecule has 0 bridgehead atoms. The van der Waals surface area contributed by atoms with Crippen molar-refractivity contribution in [1.82, 2.24) is 0 Å². The van der Waals surface area contributed by atoms with Crippen molar-refractivity contribution in [3.8, 4) is 0 Å². The Morgan fingerprint density at radius 2 is 1.70 bits per heavy atom. The molecule has 0 saturated heterocycles. The molecule has 0 spiro atoms. The second-order valence-electron chi connectivity index (χ2n) is 6.09. The molecular formula is C19H28O. The molecule has 1 aromatic carbocycles. The summed E-state index contributed by atoms with van der Waals surface area (Å²) in [5.41, 5.74) is 2.74. The summed E-state index contributed by atoms with van der Waals surface area (Å²) in [7, 11) is 1.75. The van der Waals surface area contributed by atoms with E-state index in [-0.39, 0.29) is 0 Å². The predicted octanol–water partition coefficient (Wildman–Crippen LogP) is 5.15. The molecule has 0 heterocycles. The first-order valence-electron chi connectivity index (χ1n) is 8.01. The fraction of sp³-hybridized carbons (Fsp3) is 0.579. The monoisotopic (exact) mass is 272 g/mol. The molecule has 0 amide bonds. The zero-order valence-electron chi connectivity index (χ0n) is 13.0. The van der Waals surface area contributed by atoms with Crippen LogP contribution in [0.1, 0.15) is 50.2 Å². The molecular weight excluding hydrogens is 244 g/mol. The highest BCUT2D eigenvalue weighted by Crippen LogP contribution is 2.32. The van der Waals surface area contributed by atoms with Crippen molar-refractivity contribution < 1.29 is 4.74 Å². The Bertz CT molecular complexity index is 396. The van der Waals surface area contributed by atoms with E-state index >= 15 is 0 Å². The van der Waals surface area contributed by atoms with Gasteiger partial charge in [0.1, 0.15) is 0 Å². The zero-order valence-corrected chi connectivity index (χ0v) is 13.0. The lowest BCUT2D eigenvalue weighted by molar-refractivity contribution is 0.185. The van der Waals surface area contributed by atoms with Gasteiger partial charge in [-0.15, -0.1) is 0 Å². The molecule has 1 heteroatoms. The molecule has 0 atom stereocenters. The highest BCUT2D eigenvalue weighted by atomic mass is 16.5. The van der Waals surface area contributed by atoms with E-state index in [1.54, 1.807) is 7.11 Å². The van der Waals surface area contributed by atoms with Crippen LogP contribution in [0, 0.1) is 11.8 Å². The van der Waals surface area contributed by atoms with Gasteiger partial charge in [0.2, 0.25) is 0 Å². The number of hydrogen-bond donors (Lipinski definition) is 0. The Morgan fingerprint density at radius 3 is 2.30 bits per heavy atom. The number of allylic oxidation sites excluding steroid dienone is 2. The molecule has 2 rings (SSSR count). The van der Waals surface area contributed by atoms with Crippen LogP contribution in [-0.4, -0.2) is 7.11 Å². The first-order chi connectivity index (χ1) is 9.81. The topological polar surface area (TPSA) is 9.23 Å². The molecule has 110 valence electrons. The Balaban J connectivity index is 1.73. The summed E-state index contributed by atoms with van der Waals surface area (Å²) in [5, 5.41) is 0. The van der Waals surface area contributed by atoms with E-state index in [1.807, 2.05) is 0 Å². The molecule has 1 fully saturated rings. The van der Waals surface area contributed by atoms with E-state index in [4.69, 9.17) is 4.74 Å². The van der Waals surface area contributed by atoms with Crippen molar-refractivity contribution in [2.24, 2.45) is 11.8 Å². The van der Waals surface area contributed by atoms with E-state index in [1.165, 1.54) is 49.7 Å². The lowest BCUT2D eigenvalue weighted by Gasteiger charge is -2.26. The molecule has 0 radical (unpaired) electrons. The zero-order chi connectivity index (χ0) is 14.2. The molecule has 0 N–H and O–H groups in total. The van der Waals surface area contributed by atoms with Crippen LogP contribution >= 0.6 is 0 Å². The molecule has 0 aliphatic heterocycles. The van der Waals surface area contributed by atoms with Gasteiger partial charge in [0.15, 0.2) is 0 Å². The quantitative estimate of drug-likeness (QED) is 0.651. The van der Waals surface area contributed by atoms with Crippen molar-refractivity contribution >= 4 is 0 Å². The van der Waals surface area contributed by atoms with Gasteiger partial charge in [-0.2, -0.15) is 0 Å². The second-order valence-corrected chi connectivity index (χ2v) is 6.09. The summed E-state index contributed by atoms with van der Waals surface area (Å²) < 4.78 is 5.15. The second kappa shape index (κ2) is 8.26. The van der Waals surface area contributed by atoms with Crippen LogP contribution in [-0.2, 0) is 17.8 Å². The van der Waals surface area contributed by atoms with Crippen molar-refractivity contribution in [3.05, 3.63) is 47.5 Å². The molecule has 0 unspecified atom stereocenters. The smallest absolute Gasteiger partial charge is 0.0713 e. The number of methoxy groups -OCH3 is 1.